The zero-order chi connectivity index (χ0) is 31.1. The van der Waals surface area contributed by atoms with Crippen LogP contribution in [0.3, 0.4) is 0 Å². The van der Waals surface area contributed by atoms with Crippen molar-refractivity contribution in [1.82, 2.24) is 15.2 Å². The van der Waals surface area contributed by atoms with Crippen LogP contribution in [0, 0.1) is 17.5 Å². The van der Waals surface area contributed by atoms with Gasteiger partial charge in [-0.15, -0.1) is 0 Å². The van der Waals surface area contributed by atoms with Crippen LogP contribution in [-0.2, 0) is 6.18 Å². The molecule has 2 amide bonds. The lowest BCUT2D eigenvalue weighted by molar-refractivity contribution is -0.138. The quantitative estimate of drug-likeness (QED) is 0.374. The first-order chi connectivity index (χ1) is 19.6. The van der Waals surface area contributed by atoms with E-state index in [9.17, 15) is 31.9 Å². The van der Waals surface area contributed by atoms with E-state index in [1.165, 1.54) is 7.05 Å². The molecule has 2 atom stereocenters. The zero-order valence-electron chi connectivity index (χ0n) is 22.9. The predicted molar refractivity (Wildman–Crippen MR) is 144 cm³/mol. The summed E-state index contributed by atoms with van der Waals surface area (Å²) >= 11 is 0. The molecule has 0 aliphatic carbocycles. The van der Waals surface area contributed by atoms with E-state index in [1.54, 1.807) is 4.90 Å². The number of anilines is 2. The predicted octanol–water partition coefficient (Wildman–Crippen LogP) is 4.62. The van der Waals surface area contributed by atoms with Crippen molar-refractivity contribution in [2.24, 2.45) is 0 Å². The molecule has 2 aromatic carbocycles. The Balaban J connectivity index is 1.91. The molecule has 8 nitrogen and oxygen atoms in total. The fraction of sp³-hybridized carbons (Fsp3) is 0.321. The van der Waals surface area contributed by atoms with Crippen LogP contribution < -0.4 is 21.1 Å². The zero-order valence-corrected chi connectivity index (χ0v) is 22.9. The number of hydrogen-bond acceptors (Lipinski definition) is 5. The van der Waals surface area contributed by atoms with Crippen LogP contribution in [0.5, 0.6) is 0 Å². The lowest BCUT2D eigenvalue weighted by Gasteiger charge is -2.44. The highest BCUT2D eigenvalue weighted by Crippen LogP contribution is 2.40. The minimum Gasteiger partial charge on any atom is -0.367 e. The lowest BCUT2D eigenvalue weighted by Crippen LogP contribution is -2.55. The number of halogens is 6. The molecule has 4 rings (SSSR count). The van der Waals surface area contributed by atoms with Gasteiger partial charge in [0.2, 0.25) is 5.56 Å². The molecule has 1 fully saturated rings. The monoisotopic (exact) mass is 595 g/mol. The third-order valence-corrected chi connectivity index (χ3v) is 7.34. The summed E-state index contributed by atoms with van der Waals surface area (Å²) in [7, 11) is 3.11. The molecule has 0 spiro atoms. The van der Waals surface area contributed by atoms with Gasteiger partial charge in [0.15, 0.2) is 5.82 Å². The second-order valence-electron chi connectivity index (χ2n) is 10.1. The number of aromatic nitrogens is 1. The maximum Gasteiger partial charge on any atom is 0.417 e. The molecule has 0 radical (unpaired) electrons. The molecular weight excluding hydrogens is 568 g/mol. The number of rotatable bonds is 5. The van der Waals surface area contributed by atoms with Gasteiger partial charge in [-0.25, -0.2) is 13.2 Å². The Morgan fingerprint density at radius 3 is 2.19 bits per heavy atom. The Kier molecular flexibility index (Phi) is 8.39. The van der Waals surface area contributed by atoms with Crippen LogP contribution in [0.4, 0.5) is 37.7 Å². The molecule has 1 saturated heterocycles. The summed E-state index contributed by atoms with van der Waals surface area (Å²) in [6.45, 7) is 4.25. The van der Waals surface area contributed by atoms with Crippen LogP contribution in [0.2, 0.25) is 0 Å². The summed E-state index contributed by atoms with van der Waals surface area (Å²) in [6.07, 6.45) is -4.54. The van der Waals surface area contributed by atoms with Gasteiger partial charge >= 0.3 is 6.18 Å². The third-order valence-electron chi connectivity index (χ3n) is 7.34. The van der Waals surface area contributed by atoms with Crippen molar-refractivity contribution in [1.29, 1.82) is 0 Å². The molecule has 0 bridgehead atoms. The van der Waals surface area contributed by atoms with Gasteiger partial charge in [-0.3, -0.25) is 19.3 Å². The normalized spacial score (nSPS) is 17.7. The van der Waals surface area contributed by atoms with Crippen LogP contribution >= 0.6 is 0 Å². The van der Waals surface area contributed by atoms with E-state index in [-0.39, 0.29) is 42.5 Å². The summed E-state index contributed by atoms with van der Waals surface area (Å²) in [5.41, 5.74) is -5.94. The van der Waals surface area contributed by atoms with Gasteiger partial charge in [0.25, 0.3) is 11.8 Å². The van der Waals surface area contributed by atoms with Gasteiger partial charge in [0.05, 0.1) is 27.9 Å². The SMILES string of the molecule is CNC(=O)c1cc(-c2c(F)cc(N3C[C@@H](C)N(C)[C@@H](C)C3)c(NC(=O)c3c[nH]c(=O)cc3C(F)(F)F)c2F)ccc1F. The van der Waals surface area contributed by atoms with Crippen molar-refractivity contribution >= 4 is 23.2 Å². The highest BCUT2D eigenvalue weighted by Gasteiger charge is 2.37. The molecule has 14 heteroatoms. The van der Waals surface area contributed by atoms with Gasteiger partial charge in [0.1, 0.15) is 17.3 Å². The van der Waals surface area contributed by atoms with Crippen LogP contribution in [0.15, 0.2) is 41.3 Å². The van der Waals surface area contributed by atoms with Gasteiger partial charge in [-0.1, -0.05) is 6.07 Å². The van der Waals surface area contributed by atoms with Crippen molar-refractivity contribution in [3.05, 3.63) is 81.0 Å². The molecule has 1 aliphatic heterocycles. The molecule has 1 aromatic heterocycles. The van der Waals surface area contributed by atoms with Crippen LogP contribution in [0.25, 0.3) is 11.1 Å². The van der Waals surface area contributed by atoms with E-state index in [1.807, 2.05) is 30.8 Å². The summed E-state index contributed by atoms with van der Waals surface area (Å²) in [6, 6.07) is 3.70. The van der Waals surface area contributed by atoms with E-state index < -0.39 is 68.9 Å². The first kappa shape index (κ1) is 30.6. The average Bonchev–Trinajstić information content (AvgIpc) is 2.92. The molecule has 2 heterocycles. The summed E-state index contributed by atoms with van der Waals surface area (Å²) < 4.78 is 87.3. The third kappa shape index (κ3) is 5.84. The Labute approximate surface area is 236 Å². The summed E-state index contributed by atoms with van der Waals surface area (Å²) in [5.74, 6) is -5.71. The van der Waals surface area contributed by atoms with Crippen molar-refractivity contribution in [2.45, 2.75) is 32.1 Å². The number of pyridine rings is 1. The van der Waals surface area contributed by atoms with E-state index >= 15 is 8.78 Å². The minimum atomic E-state index is -5.09. The van der Waals surface area contributed by atoms with Gasteiger partial charge in [0, 0.05) is 50.6 Å². The van der Waals surface area contributed by atoms with Gasteiger partial charge in [-0.05, 0) is 38.6 Å². The fourth-order valence-electron chi connectivity index (χ4n) is 4.90. The van der Waals surface area contributed by atoms with Crippen LogP contribution in [0.1, 0.15) is 40.1 Å². The summed E-state index contributed by atoms with van der Waals surface area (Å²) in [5, 5.41) is 4.37. The molecule has 224 valence electrons. The van der Waals surface area contributed by atoms with Gasteiger partial charge in [-0.2, -0.15) is 13.2 Å². The van der Waals surface area contributed by atoms with E-state index in [0.29, 0.717) is 6.20 Å². The molecule has 3 aromatic rings. The molecule has 1 aliphatic rings. The number of alkyl halides is 3. The second kappa shape index (κ2) is 11.5. The number of piperazine rings is 1. The van der Waals surface area contributed by atoms with Crippen molar-refractivity contribution in [3.8, 4) is 11.1 Å². The van der Waals surface area contributed by atoms with Crippen molar-refractivity contribution in [2.75, 3.05) is 37.4 Å². The topological polar surface area (TPSA) is 97.5 Å². The highest BCUT2D eigenvalue weighted by molar-refractivity contribution is 6.07. The first-order valence-corrected chi connectivity index (χ1v) is 12.8. The number of nitrogens with one attached hydrogen (secondary N) is 3. The van der Waals surface area contributed by atoms with Crippen LogP contribution in [-0.4, -0.2) is 61.0 Å². The maximum atomic E-state index is 16.3. The van der Waals surface area contributed by atoms with E-state index in [0.717, 1.165) is 24.3 Å². The Hall–Kier alpha value is -4.33. The van der Waals surface area contributed by atoms with Gasteiger partial charge < -0.3 is 20.5 Å². The number of nitrogens with zero attached hydrogens (tertiary/aromatic N) is 2. The first-order valence-electron chi connectivity index (χ1n) is 12.8. The standard InChI is InChI=1S/C28H27F6N5O3/c1-13-11-39(12-14(2)38(13)4)21-9-20(30)23(15-5-6-19(29)16(7-15)26(41)35-3)24(31)25(21)37-27(42)17-10-36-22(40)8-18(17)28(32,33)34/h5-10,13-14H,11-12H2,1-4H3,(H,35,41)(H,36,40)(H,37,42)/t13-,14+. The number of benzene rings is 2. The number of aromatic amines is 1. The second-order valence-corrected chi connectivity index (χ2v) is 10.1. The fourth-order valence-corrected chi connectivity index (χ4v) is 4.90. The number of carbonyl (C=O) groups is 2. The Bertz CT molecular complexity index is 1590. The maximum absolute atomic E-state index is 16.3. The van der Waals surface area contributed by atoms with E-state index in [4.69, 9.17) is 0 Å². The number of carbonyl (C=O) groups excluding carboxylic acids is 2. The average molecular weight is 596 g/mol. The number of amides is 2. The molecular formula is C28H27F6N5O3. The Morgan fingerprint density at radius 1 is 0.952 bits per heavy atom. The van der Waals surface area contributed by atoms with Crippen molar-refractivity contribution in [3.63, 3.8) is 0 Å². The smallest absolute Gasteiger partial charge is 0.367 e. The Morgan fingerprint density at radius 2 is 1.60 bits per heavy atom. The number of hydrogen-bond donors (Lipinski definition) is 3. The van der Waals surface area contributed by atoms with Crippen molar-refractivity contribution < 1.29 is 35.9 Å². The molecule has 3 N–H and O–H groups in total. The van der Waals surface area contributed by atoms with E-state index in [2.05, 4.69) is 10.6 Å². The molecule has 0 saturated carbocycles. The minimum absolute atomic E-state index is 0.105. The molecule has 42 heavy (non-hydrogen) atoms. The largest absolute Gasteiger partial charge is 0.417 e. The summed E-state index contributed by atoms with van der Waals surface area (Å²) in [4.78, 5) is 42.5. The number of H-pyrrole nitrogens is 1. The molecule has 0 unspecified atom stereocenters. The highest BCUT2D eigenvalue weighted by atomic mass is 19.4. The number of likely N-dealkylation sites (N-methyl/N-ethyl adjacent to an activating group) is 1. The lowest BCUT2D eigenvalue weighted by atomic mass is 9.98.